The molecule has 140 valence electrons. The first-order chi connectivity index (χ1) is 11.8. The Labute approximate surface area is 147 Å². The highest BCUT2D eigenvalue weighted by molar-refractivity contribution is 7.91. The van der Waals surface area contributed by atoms with Crippen LogP contribution in [-0.2, 0) is 9.84 Å². The number of benzene rings is 1. The van der Waals surface area contributed by atoms with Gasteiger partial charge in [-0.15, -0.1) is 0 Å². The molecule has 2 rings (SSSR count). The van der Waals surface area contributed by atoms with Crippen molar-refractivity contribution >= 4 is 15.6 Å². The fraction of sp³-hybridized carbons (Fsp3) is 0.562. The van der Waals surface area contributed by atoms with E-state index in [-0.39, 0.29) is 30.4 Å². The van der Waals surface area contributed by atoms with Crippen molar-refractivity contribution in [3.63, 3.8) is 0 Å². The van der Waals surface area contributed by atoms with Crippen molar-refractivity contribution in [3.05, 3.63) is 23.8 Å². The van der Waals surface area contributed by atoms with E-state index in [0.29, 0.717) is 23.6 Å². The van der Waals surface area contributed by atoms with E-state index in [1.54, 1.807) is 23.1 Å². The number of hydrogen-bond donors (Lipinski definition) is 2. The maximum atomic E-state index is 12.6. The summed E-state index contributed by atoms with van der Waals surface area (Å²) in [5, 5.41) is 10.0. The molecule has 0 unspecified atom stereocenters. The average Bonchev–Trinajstić information content (AvgIpc) is 2.86. The third-order valence-electron chi connectivity index (χ3n) is 4.23. The van der Waals surface area contributed by atoms with Gasteiger partial charge in [-0.1, -0.05) is 0 Å². The Balaban J connectivity index is 2.18. The second kappa shape index (κ2) is 8.13. The molecule has 1 fully saturated rings. The molecule has 1 aliphatic heterocycles. The lowest BCUT2D eigenvalue weighted by atomic mass is 10.1. The molecule has 1 aliphatic rings. The Morgan fingerprint density at radius 3 is 2.48 bits per heavy atom. The molecule has 25 heavy (non-hydrogen) atoms. The molecular formula is C16H24N2O6S. The van der Waals surface area contributed by atoms with E-state index in [1.165, 1.54) is 14.2 Å². The number of sulfone groups is 1. The number of carbonyl (C=O) groups is 1. The van der Waals surface area contributed by atoms with Gasteiger partial charge >= 0.3 is 0 Å². The predicted molar refractivity (Wildman–Crippen MR) is 93.0 cm³/mol. The molecule has 9 heteroatoms. The van der Waals surface area contributed by atoms with E-state index < -0.39 is 22.0 Å². The number of methoxy groups -OCH3 is 2. The molecule has 8 nitrogen and oxygen atoms in total. The number of nitrogens with zero attached hydrogens (tertiary/aromatic N) is 1. The van der Waals surface area contributed by atoms with Crippen molar-refractivity contribution in [2.24, 2.45) is 5.73 Å². The maximum absolute atomic E-state index is 12.6. The van der Waals surface area contributed by atoms with E-state index in [2.05, 4.69) is 0 Å². The van der Waals surface area contributed by atoms with Crippen LogP contribution in [0.5, 0.6) is 11.5 Å². The fourth-order valence-corrected chi connectivity index (χ4v) is 4.80. The smallest absolute Gasteiger partial charge is 0.176 e. The molecule has 1 aromatic carbocycles. The van der Waals surface area contributed by atoms with Gasteiger partial charge in [0.2, 0.25) is 0 Å². The lowest BCUT2D eigenvalue weighted by Gasteiger charge is -2.29. The zero-order chi connectivity index (χ0) is 18.6. The van der Waals surface area contributed by atoms with E-state index in [4.69, 9.17) is 15.2 Å². The van der Waals surface area contributed by atoms with Crippen molar-refractivity contribution in [1.29, 1.82) is 0 Å². The minimum Gasteiger partial charge on any atom is -0.493 e. The van der Waals surface area contributed by atoms with Gasteiger partial charge in [0.15, 0.2) is 27.1 Å². The predicted octanol–water partition coefficient (Wildman–Crippen LogP) is -0.695. The van der Waals surface area contributed by atoms with Crippen LogP contribution in [0.4, 0.5) is 0 Å². The molecule has 0 aliphatic carbocycles. The number of aliphatic hydroxyl groups excluding tert-OH is 1. The standard InChI is InChI=1S/C16H24N2O6S/c1-23-15-4-3-11(7-16(15)24-2)13(19)8-18(6-5-17)12-9-25(21,22)10-14(12)20/h3-4,7,12,14,20H,5-6,8-10,17H2,1-2H3/t12-,14+/m0/s1. The van der Waals surface area contributed by atoms with Crippen molar-refractivity contribution in [2.75, 3.05) is 45.4 Å². The van der Waals surface area contributed by atoms with Gasteiger partial charge in [0.25, 0.3) is 0 Å². The molecule has 0 spiro atoms. The number of hydrogen-bond acceptors (Lipinski definition) is 8. The number of ketones is 1. The summed E-state index contributed by atoms with van der Waals surface area (Å²) in [6.45, 7) is 0.530. The number of rotatable bonds is 8. The van der Waals surface area contributed by atoms with Crippen molar-refractivity contribution in [1.82, 2.24) is 4.90 Å². The molecule has 2 atom stereocenters. The zero-order valence-corrected chi connectivity index (χ0v) is 15.2. The Morgan fingerprint density at radius 1 is 1.28 bits per heavy atom. The second-order valence-electron chi connectivity index (χ2n) is 5.96. The number of aliphatic hydroxyl groups is 1. The molecule has 0 aromatic heterocycles. The minimum absolute atomic E-state index is 0.0378. The summed E-state index contributed by atoms with van der Waals surface area (Å²) in [5.74, 6) is 0.264. The van der Waals surface area contributed by atoms with Crippen LogP contribution >= 0.6 is 0 Å². The molecule has 0 bridgehead atoms. The van der Waals surface area contributed by atoms with Gasteiger partial charge in [-0.05, 0) is 18.2 Å². The zero-order valence-electron chi connectivity index (χ0n) is 14.3. The van der Waals surface area contributed by atoms with Crippen LogP contribution in [0, 0.1) is 0 Å². The Bertz CT molecular complexity index is 721. The minimum atomic E-state index is -3.31. The quantitative estimate of drug-likeness (QED) is 0.575. The first-order valence-electron chi connectivity index (χ1n) is 7.89. The Kier molecular flexibility index (Phi) is 6.39. The van der Waals surface area contributed by atoms with E-state index in [0.717, 1.165) is 0 Å². The second-order valence-corrected chi connectivity index (χ2v) is 8.12. The summed E-state index contributed by atoms with van der Waals surface area (Å²) in [4.78, 5) is 14.2. The van der Waals surface area contributed by atoms with Crippen molar-refractivity contribution in [3.8, 4) is 11.5 Å². The number of Topliss-reactive ketones (excluding diaryl/α,β-unsaturated/α-hetero) is 1. The summed E-state index contributed by atoms with van der Waals surface area (Å²) in [7, 11) is -0.325. The van der Waals surface area contributed by atoms with Gasteiger partial charge in [0.1, 0.15) is 0 Å². The van der Waals surface area contributed by atoms with E-state index in [9.17, 15) is 18.3 Å². The SMILES string of the molecule is COc1ccc(C(=O)CN(CCN)[C@H]2CS(=O)(=O)C[C@H]2O)cc1OC. The lowest BCUT2D eigenvalue weighted by molar-refractivity contribution is 0.0708. The van der Waals surface area contributed by atoms with Crippen molar-refractivity contribution in [2.45, 2.75) is 12.1 Å². The van der Waals surface area contributed by atoms with Crippen LogP contribution in [-0.4, -0.2) is 81.7 Å². The van der Waals surface area contributed by atoms with Gasteiger partial charge in [-0.2, -0.15) is 0 Å². The fourth-order valence-electron chi connectivity index (χ4n) is 2.97. The highest BCUT2D eigenvalue weighted by Gasteiger charge is 2.40. The molecular weight excluding hydrogens is 348 g/mol. The molecule has 0 amide bonds. The third-order valence-corrected chi connectivity index (χ3v) is 5.93. The van der Waals surface area contributed by atoms with Crippen LogP contribution < -0.4 is 15.2 Å². The number of nitrogens with two attached hydrogens (primary N) is 1. The third kappa shape index (κ3) is 4.69. The Morgan fingerprint density at radius 2 is 1.96 bits per heavy atom. The summed E-state index contributed by atoms with van der Waals surface area (Å²) >= 11 is 0. The van der Waals surface area contributed by atoms with Crippen LogP contribution in [0.15, 0.2) is 18.2 Å². The lowest BCUT2D eigenvalue weighted by Crippen LogP contribution is -2.47. The summed E-state index contributed by atoms with van der Waals surface area (Å²) < 4.78 is 33.8. The normalized spacial score (nSPS) is 22.1. The summed E-state index contributed by atoms with van der Waals surface area (Å²) in [6.07, 6.45) is -1.02. The van der Waals surface area contributed by atoms with Gasteiger partial charge in [-0.3, -0.25) is 9.69 Å². The molecule has 1 aromatic rings. The number of ether oxygens (including phenoxy) is 2. The van der Waals surface area contributed by atoms with Gasteiger partial charge in [-0.25, -0.2) is 8.42 Å². The monoisotopic (exact) mass is 372 g/mol. The van der Waals surface area contributed by atoms with Gasteiger partial charge in [0.05, 0.1) is 44.4 Å². The average molecular weight is 372 g/mol. The summed E-state index contributed by atoms with van der Waals surface area (Å²) in [5.41, 5.74) is 6.00. The van der Waals surface area contributed by atoms with Crippen molar-refractivity contribution < 1.29 is 27.8 Å². The number of carbonyl (C=O) groups excluding carboxylic acids is 1. The van der Waals surface area contributed by atoms with Crippen LogP contribution in [0.1, 0.15) is 10.4 Å². The molecule has 3 N–H and O–H groups in total. The molecule has 1 saturated heterocycles. The van der Waals surface area contributed by atoms with Gasteiger partial charge < -0.3 is 20.3 Å². The maximum Gasteiger partial charge on any atom is 0.176 e. The molecule has 0 saturated carbocycles. The Hall–Kier alpha value is -1.68. The molecule has 0 radical (unpaired) electrons. The van der Waals surface area contributed by atoms with Crippen LogP contribution in [0.3, 0.4) is 0 Å². The largest absolute Gasteiger partial charge is 0.493 e. The highest BCUT2D eigenvalue weighted by atomic mass is 32.2. The van der Waals surface area contributed by atoms with Crippen LogP contribution in [0.25, 0.3) is 0 Å². The van der Waals surface area contributed by atoms with E-state index in [1.807, 2.05) is 0 Å². The van der Waals surface area contributed by atoms with Gasteiger partial charge in [0, 0.05) is 18.7 Å². The summed E-state index contributed by atoms with van der Waals surface area (Å²) in [6, 6.07) is 4.20. The molecule has 1 heterocycles. The van der Waals surface area contributed by atoms with E-state index >= 15 is 0 Å². The topological polar surface area (TPSA) is 119 Å². The highest BCUT2D eigenvalue weighted by Crippen LogP contribution is 2.28. The first kappa shape index (κ1) is 19.6. The van der Waals surface area contributed by atoms with Crippen LogP contribution in [0.2, 0.25) is 0 Å². The first-order valence-corrected chi connectivity index (χ1v) is 9.71.